The van der Waals surface area contributed by atoms with Gasteiger partial charge in [0.2, 0.25) is 0 Å². The van der Waals surface area contributed by atoms with Crippen LogP contribution in [0.1, 0.15) is 36.8 Å². The van der Waals surface area contributed by atoms with Gasteiger partial charge in [0, 0.05) is 25.0 Å². The van der Waals surface area contributed by atoms with Crippen LogP contribution in [0, 0.1) is 12.8 Å². The van der Waals surface area contributed by atoms with Crippen LogP contribution in [0.4, 0.5) is 0 Å². The number of carbonyl (C=O) groups is 1. The second-order valence-electron chi connectivity index (χ2n) is 5.15. The minimum absolute atomic E-state index is 0.174. The predicted octanol–water partition coefficient (Wildman–Crippen LogP) is 2.12. The van der Waals surface area contributed by atoms with E-state index < -0.39 is 5.97 Å². The number of nitrogens with one attached hydrogen (secondary N) is 1. The zero-order chi connectivity index (χ0) is 13.0. The third kappa shape index (κ3) is 3.53. The first-order valence-electron chi connectivity index (χ1n) is 6.52. The molecule has 2 atom stereocenters. The molecule has 0 spiro atoms. The molecule has 4 heteroatoms. The summed E-state index contributed by atoms with van der Waals surface area (Å²) in [7, 11) is 0. The molecule has 98 valence electrons. The molecule has 2 unspecified atom stereocenters. The predicted molar refractivity (Wildman–Crippen MR) is 69.2 cm³/mol. The summed E-state index contributed by atoms with van der Waals surface area (Å²) in [6, 6.07) is 2.43. The molecule has 1 aliphatic carbocycles. The standard InChI is InChI=1S/C14H20N2O2/c1-10-5-11(8-15-7-10)9-16-13-4-2-3-12(6-13)14(17)18/h5,7-8,12-13,16H,2-4,6,9H2,1H3,(H,17,18). The van der Waals surface area contributed by atoms with Gasteiger partial charge < -0.3 is 10.4 Å². The fourth-order valence-corrected chi connectivity index (χ4v) is 2.58. The van der Waals surface area contributed by atoms with Crippen molar-refractivity contribution in [3.05, 3.63) is 29.6 Å². The van der Waals surface area contributed by atoms with Crippen LogP contribution >= 0.6 is 0 Å². The van der Waals surface area contributed by atoms with E-state index in [0.717, 1.165) is 43.4 Å². The van der Waals surface area contributed by atoms with E-state index in [1.54, 1.807) is 0 Å². The third-order valence-corrected chi connectivity index (χ3v) is 3.55. The highest BCUT2D eigenvalue weighted by molar-refractivity contribution is 5.70. The number of pyridine rings is 1. The van der Waals surface area contributed by atoms with E-state index in [0.29, 0.717) is 6.04 Å². The smallest absolute Gasteiger partial charge is 0.306 e. The maximum atomic E-state index is 11.0. The van der Waals surface area contributed by atoms with Gasteiger partial charge in [0.15, 0.2) is 0 Å². The van der Waals surface area contributed by atoms with Crippen molar-refractivity contribution < 1.29 is 9.90 Å². The van der Waals surface area contributed by atoms with Crippen LogP contribution in [-0.4, -0.2) is 22.1 Å². The molecule has 0 bridgehead atoms. The van der Waals surface area contributed by atoms with Crippen molar-refractivity contribution in [3.8, 4) is 0 Å². The summed E-state index contributed by atoms with van der Waals surface area (Å²) < 4.78 is 0. The number of aromatic nitrogens is 1. The summed E-state index contributed by atoms with van der Waals surface area (Å²) in [5.74, 6) is -0.828. The van der Waals surface area contributed by atoms with Gasteiger partial charge in [-0.1, -0.05) is 12.5 Å². The molecule has 0 aliphatic heterocycles. The molecular formula is C14H20N2O2. The maximum Gasteiger partial charge on any atom is 0.306 e. The number of hydrogen-bond acceptors (Lipinski definition) is 3. The fraction of sp³-hybridized carbons (Fsp3) is 0.571. The lowest BCUT2D eigenvalue weighted by Gasteiger charge is -2.27. The lowest BCUT2D eigenvalue weighted by atomic mass is 9.86. The van der Waals surface area contributed by atoms with Crippen molar-refractivity contribution in [2.45, 2.75) is 45.2 Å². The summed E-state index contributed by atoms with van der Waals surface area (Å²) in [6.07, 6.45) is 7.33. The van der Waals surface area contributed by atoms with Gasteiger partial charge >= 0.3 is 5.97 Å². The van der Waals surface area contributed by atoms with E-state index in [4.69, 9.17) is 5.11 Å². The Hall–Kier alpha value is -1.42. The van der Waals surface area contributed by atoms with E-state index >= 15 is 0 Å². The van der Waals surface area contributed by atoms with Gasteiger partial charge in [-0.2, -0.15) is 0 Å². The number of hydrogen-bond donors (Lipinski definition) is 2. The Kier molecular flexibility index (Phi) is 4.31. The first-order chi connectivity index (χ1) is 8.65. The van der Waals surface area contributed by atoms with E-state index in [1.807, 2.05) is 19.3 Å². The number of aryl methyl sites for hydroxylation is 1. The Morgan fingerprint density at radius 3 is 3.06 bits per heavy atom. The lowest BCUT2D eigenvalue weighted by Crippen LogP contribution is -2.36. The molecule has 1 aromatic heterocycles. The van der Waals surface area contributed by atoms with Gasteiger partial charge in [-0.25, -0.2) is 0 Å². The fourth-order valence-electron chi connectivity index (χ4n) is 2.58. The molecule has 0 saturated heterocycles. The van der Waals surface area contributed by atoms with Crippen molar-refractivity contribution in [2.24, 2.45) is 5.92 Å². The van der Waals surface area contributed by atoms with Crippen LogP contribution in [0.2, 0.25) is 0 Å². The molecule has 0 radical (unpaired) electrons. The largest absolute Gasteiger partial charge is 0.481 e. The molecule has 18 heavy (non-hydrogen) atoms. The average molecular weight is 248 g/mol. The summed E-state index contributed by atoms with van der Waals surface area (Å²) in [5, 5.41) is 12.5. The summed E-state index contributed by atoms with van der Waals surface area (Å²) in [5.41, 5.74) is 2.31. The Labute approximate surface area is 107 Å². The van der Waals surface area contributed by atoms with Gasteiger partial charge in [-0.3, -0.25) is 9.78 Å². The number of carboxylic acids is 1. The number of rotatable bonds is 4. The second kappa shape index (κ2) is 5.96. The topological polar surface area (TPSA) is 62.2 Å². The molecular weight excluding hydrogens is 228 g/mol. The monoisotopic (exact) mass is 248 g/mol. The second-order valence-corrected chi connectivity index (χ2v) is 5.15. The van der Waals surface area contributed by atoms with Crippen molar-refractivity contribution in [3.63, 3.8) is 0 Å². The van der Waals surface area contributed by atoms with E-state index in [2.05, 4.69) is 16.4 Å². The molecule has 4 nitrogen and oxygen atoms in total. The van der Waals surface area contributed by atoms with Crippen molar-refractivity contribution in [2.75, 3.05) is 0 Å². The molecule has 0 aromatic carbocycles. The van der Waals surface area contributed by atoms with Gasteiger partial charge in [0.1, 0.15) is 0 Å². The number of aliphatic carboxylic acids is 1. The summed E-state index contributed by atoms with van der Waals surface area (Å²) in [4.78, 5) is 15.1. The average Bonchev–Trinajstić information content (AvgIpc) is 2.37. The molecule has 0 amide bonds. The molecule has 1 heterocycles. The van der Waals surface area contributed by atoms with Crippen molar-refractivity contribution >= 4 is 5.97 Å². The van der Waals surface area contributed by atoms with Crippen LogP contribution in [0.25, 0.3) is 0 Å². The van der Waals surface area contributed by atoms with Crippen LogP contribution in [0.15, 0.2) is 18.5 Å². The molecule has 1 aromatic rings. The van der Waals surface area contributed by atoms with E-state index in [9.17, 15) is 4.79 Å². The van der Waals surface area contributed by atoms with Crippen molar-refractivity contribution in [1.82, 2.24) is 10.3 Å². The highest BCUT2D eigenvalue weighted by atomic mass is 16.4. The normalized spacial score (nSPS) is 23.8. The Balaban J connectivity index is 1.84. The lowest BCUT2D eigenvalue weighted by molar-refractivity contribution is -0.143. The Bertz CT molecular complexity index is 420. The van der Waals surface area contributed by atoms with Gasteiger partial charge in [0.05, 0.1) is 5.92 Å². The minimum Gasteiger partial charge on any atom is -0.481 e. The van der Waals surface area contributed by atoms with Gasteiger partial charge in [-0.05, 0) is 37.3 Å². The molecule has 2 rings (SSSR count). The van der Waals surface area contributed by atoms with Gasteiger partial charge in [0.25, 0.3) is 0 Å². The van der Waals surface area contributed by atoms with Crippen LogP contribution in [0.5, 0.6) is 0 Å². The van der Waals surface area contributed by atoms with Crippen LogP contribution in [0.3, 0.4) is 0 Å². The van der Waals surface area contributed by atoms with E-state index in [-0.39, 0.29) is 5.92 Å². The highest BCUT2D eigenvalue weighted by Gasteiger charge is 2.26. The van der Waals surface area contributed by atoms with Crippen molar-refractivity contribution in [1.29, 1.82) is 0 Å². The summed E-state index contributed by atoms with van der Waals surface area (Å²) >= 11 is 0. The number of nitrogens with zero attached hydrogens (tertiary/aromatic N) is 1. The molecule has 1 saturated carbocycles. The number of carboxylic acid groups (broad SMARTS) is 1. The third-order valence-electron chi connectivity index (χ3n) is 3.55. The first kappa shape index (κ1) is 13.0. The van der Waals surface area contributed by atoms with Gasteiger partial charge in [-0.15, -0.1) is 0 Å². The van der Waals surface area contributed by atoms with Crippen LogP contribution in [-0.2, 0) is 11.3 Å². The Morgan fingerprint density at radius 2 is 2.33 bits per heavy atom. The van der Waals surface area contributed by atoms with E-state index in [1.165, 1.54) is 0 Å². The first-order valence-corrected chi connectivity index (χ1v) is 6.52. The summed E-state index contributed by atoms with van der Waals surface area (Å²) in [6.45, 7) is 2.79. The minimum atomic E-state index is -0.654. The zero-order valence-electron chi connectivity index (χ0n) is 10.7. The van der Waals surface area contributed by atoms with Crippen LogP contribution < -0.4 is 5.32 Å². The Morgan fingerprint density at radius 1 is 1.50 bits per heavy atom. The SMILES string of the molecule is Cc1cncc(CNC2CCCC(C(=O)O)C2)c1. The molecule has 1 aliphatic rings. The molecule has 2 N–H and O–H groups in total. The zero-order valence-corrected chi connectivity index (χ0v) is 10.7. The quantitative estimate of drug-likeness (QED) is 0.856. The maximum absolute atomic E-state index is 11.0. The molecule has 1 fully saturated rings. The highest BCUT2D eigenvalue weighted by Crippen LogP contribution is 2.24.